The Balaban J connectivity index is 2.53. The minimum atomic E-state index is -0.184. The molecule has 2 aromatic carbocycles. The lowest BCUT2D eigenvalue weighted by Gasteiger charge is -2.15. The molecule has 0 aliphatic rings. The molecular formula is C19H22N2O4. The highest BCUT2D eigenvalue weighted by Gasteiger charge is 2.12. The van der Waals surface area contributed by atoms with Crippen LogP contribution in [-0.4, -0.2) is 27.2 Å². The van der Waals surface area contributed by atoms with Crippen LogP contribution in [0.3, 0.4) is 0 Å². The molecule has 25 heavy (non-hydrogen) atoms. The second-order valence-electron chi connectivity index (χ2n) is 5.28. The fourth-order valence-corrected chi connectivity index (χ4v) is 2.48. The van der Waals surface area contributed by atoms with Gasteiger partial charge in [0, 0.05) is 24.8 Å². The zero-order valence-corrected chi connectivity index (χ0v) is 14.8. The Kier molecular flexibility index (Phi) is 5.89. The molecule has 2 aromatic rings. The number of amides is 1. The summed E-state index contributed by atoms with van der Waals surface area (Å²) in [5.41, 5.74) is 8.87. The van der Waals surface area contributed by atoms with Gasteiger partial charge in [-0.15, -0.1) is 0 Å². The quantitative estimate of drug-likeness (QED) is 0.843. The van der Waals surface area contributed by atoms with Crippen molar-refractivity contribution in [3.05, 3.63) is 53.7 Å². The molecule has 2 rings (SSSR count). The molecule has 0 heterocycles. The van der Waals surface area contributed by atoms with Crippen molar-refractivity contribution < 1.29 is 19.0 Å². The average molecular weight is 342 g/mol. The van der Waals surface area contributed by atoms with Gasteiger partial charge in [0.05, 0.1) is 27.0 Å². The van der Waals surface area contributed by atoms with E-state index < -0.39 is 0 Å². The van der Waals surface area contributed by atoms with Crippen LogP contribution in [-0.2, 0) is 4.79 Å². The van der Waals surface area contributed by atoms with Crippen molar-refractivity contribution >= 4 is 17.2 Å². The summed E-state index contributed by atoms with van der Waals surface area (Å²) in [7, 11) is 4.73. The Bertz CT molecular complexity index is 778. The van der Waals surface area contributed by atoms with Gasteiger partial charge >= 0.3 is 0 Å². The van der Waals surface area contributed by atoms with Gasteiger partial charge in [0.1, 0.15) is 17.2 Å². The van der Waals surface area contributed by atoms with E-state index in [4.69, 9.17) is 19.9 Å². The third-order valence-corrected chi connectivity index (χ3v) is 3.65. The first-order valence-electron chi connectivity index (χ1n) is 7.63. The van der Waals surface area contributed by atoms with Gasteiger partial charge in [-0.25, -0.2) is 0 Å². The van der Waals surface area contributed by atoms with Crippen LogP contribution in [0, 0.1) is 0 Å². The summed E-state index contributed by atoms with van der Waals surface area (Å²) in [4.78, 5) is 11.4. The van der Waals surface area contributed by atoms with Crippen molar-refractivity contribution in [2.24, 2.45) is 5.73 Å². The third-order valence-electron chi connectivity index (χ3n) is 3.65. The number of benzene rings is 2. The summed E-state index contributed by atoms with van der Waals surface area (Å²) in [6.07, 6.45) is 1.51. The Morgan fingerprint density at radius 1 is 0.960 bits per heavy atom. The lowest BCUT2D eigenvalue weighted by molar-refractivity contribution is -0.114. The Morgan fingerprint density at radius 3 is 2.08 bits per heavy atom. The highest BCUT2D eigenvalue weighted by molar-refractivity contribution is 5.92. The third kappa shape index (κ3) is 4.23. The van der Waals surface area contributed by atoms with E-state index in [-0.39, 0.29) is 5.91 Å². The fourth-order valence-electron chi connectivity index (χ4n) is 2.48. The summed E-state index contributed by atoms with van der Waals surface area (Å²) < 4.78 is 15.9. The van der Waals surface area contributed by atoms with E-state index in [0.29, 0.717) is 22.9 Å². The monoisotopic (exact) mass is 342 g/mol. The van der Waals surface area contributed by atoms with Crippen LogP contribution in [0.1, 0.15) is 18.1 Å². The van der Waals surface area contributed by atoms with Crippen LogP contribution in [0.2, 0.25) is 0 Å². The van der Waals surface area contributed by atoms with Gasteiger partial charge in [0.25, 0.3) is 0 Å². The van der Waals surface area contributed by atoms with E-state index in [1.54, 1.807) is 33.5 Å². The van der Waals surface area contributed by atoms with E-state index in [1.165, 1.54) is 13.1 Å². The number of ether oxygens (including phenoxy) is 3. The van der Waals surface area contributed by atoms with Gasteiger partial charge in [-0.2, -0.15) is 0 Å². The lowest BCUT2D eigenvalue weighted by atomic mass is 9.97. The molecule has 0 bridgehead atoms. The minimum absolute atomic E-state index is 0.184. The van der Waals surface area contributed by atoms with Crippen molar-refractivity contribution in [3.8, 4) is 17.2 Å². The Hall–Kier alpha value is -3.15. The van der Waals surface area contributed by atoms with Crippen LogP contribution in [0.4, 0.5) is 5.69 Å². The average Bonchev–Trinajstić information content (AvgIpc) is 2.61. The van der Waals surface area contributed by atoms with Crippen molar-refractivity contribution in [2.75, 3.05) is 26.6 Å². The molecule has 132 valence electrons. The van der Waals surface area contributed by atoms with E-state index in [9.17, 15) is 4.79 Å². The maximum atomic E-state index is 11.4. The van der Waals surface area contributed by atoms with Crippen molar-refractivity contribution in [2.45, 2.75) is 6.92 Å². The zero-order valence-electron chi connectivity index (χ0n) is 14.8. The molecule has 1 amide bonds. The maximum Gasteiger partial charge on any atom is 0.221 e. The van der Waals surface area contributed by atoms with Crippen molar-refractivity contribution in [1.29, 1.82) is 0 Å². The molecule has 0 fully saturated rings. The van der Waals surface area contributed by atoms with Gasteiger partial charge in [0.15, 0.2) is 0 Å². The van der Waals surface area contributed by atoms with Crippen LogP contribution in [0.15, 0.2) is 42.6 Å². The summed E-state index contributed by atoms with van der Waals surface area (Å²) in [6.45, 7) is 1.44. The summed E-state index contributed by atoms with van der Waals surface area (Å²) in [5.74, 6) is 1.70. The van der Waals surface area contributed by atoms with Gasteiger partial charge in [-0.05, 0) is 35.4 Å². The number of anilines is 1. The molecule has 0 spiro atoms. The summed E-state index contributed by atoms with van der Waals surface area (Å²) in [5, 5.41) is 2.76. The van der Waals surface area contributed by atoms with Crippen LogP contribution >= 0.6 is 0 Å². The molecule has 0 saturated carbocycles. The molecular weight excluding hydrogens is 320 g/mol. The van der Waals surface area contributed by atoms with E-state index in [1.807, 2.05) is 24.3 Å². The molecule has 0 aliphatic carbocycles. The van der Waals surface area contributed by atoms with E-state index >= 15 is 0 Å². The predicted molar refractivity (Wildman–Crippen MR) is 98.1 cm³/mol. The highest BCUT2D eigenvalue weighted by Crippen LogP contribution is 2.34. The maximum absolute atomic E-state index is 11.4. The van der Waals surface area contributed by atoms with Gasteiger partial charge in [0.2, 0.25) is 5.91 Å². The van der Waals surface area contributed by atoms with Crippen LogP contribution in [0.25, 0.3) is 5.57 Å². The smallest absolute Gasteiger partial charge is 0.221 e. The van der Waals surface area contributed by atoms with E-state index in [0.717, 1.165) is 16.7 Å². The zero-order chi connectivity index (χ0) is 18.4. The van der Waals surface area contributed by atoms with Gasteiger partial charge < -0.3 is 25.3 Å². The number of hydrogen-bond donors (Lipinski definition) is 2. The number of nitrogens with two attached hydrogens (primary N) is 1. The van der Waals surface area contributed by atoms with Crippen LogP contribution < -0.4 is 25.3 Å². The first kappa shape index (κ1) is 18.2. The second-order valence-corrected chi connectivity index (χ2v) is 5.28. The highest BCUT2D eigenvalue weighted by atomic mass is 16.5. The van der Waals surface area contributed by atoms with Gasteiger partial charge in [-0.1, -0.05) is 6.07 Å². The molecule has 0 aromatic heterocycles. The number of carbonyl (C=O) groups is 1. The first-order chi connectivity index (χ1) is 12.0. The summed E-state index contributed by atoms with van der Waals surface area (Å²) >= 11 is 0. The van der Waals surface area contributed by atoms with Crippen molar-refractivity contribution in [1.82, 2.24) is 0 Å². The normalized spacial score (nSPS) is 11.0. The largest absolute Gasteiger partial charge is 0.497 e. The number of carbonyl (C=O) groups excluding carboxylic acids is 1. The molecule has 0 radical (unpaired) electrons. The number of hydrogen-bond acceptors (Lipinski definition) is 5. The lowest BCUT2D eigenvalue weighted by Crippen LogP contribution is -2.07. The number of rotatable bonds is 6. The minimum Gasteiger partial charge on any atom is -0.497 e. The molecule has 0 saturated heterocycles. The SMILES string of the molecule is COc1cc(OC)cc(C(=CN)c2ccc(OC)c(NC(C)=O)c2)c1. The van der Waals surface area contributed by atoms with Gasteiger partial charge in [-0.3, -0.25) is 4.79 Å². The Morgan fingerprint density at radius 2 is 1.60 bits per heavy atom. The predicted octanol–water partition coefficient (Wildman–Crippen LogP) is 3.02. The summed E-state index contributed by atoms with van der Waals surface area (Å²) in [6, 6.07) is 11.0. The molecule has 0 atom stereocenters. The van der Waals surface area contributed by atoms with Crippen LogP contribution in [0.5, 0.6) is 17.2 Å². The number of nitrogens with one attached hydrogen (secondary N) is 1. The Labute approximate surface area is 147 Å². The number of methoxy groups -OCH3 is 3. The molecule has 0 unspecified atom stereocenters. The topological polar surface area (TPSA) is 82.8 Å². The second kappa shape index (κ2) is 8.10. The first-order valence-corrected chi connectivity index (χ1v) is 7.63. The molecule has 6 nitrogen and oxygen atoms in total. The molecule has 6 heteroatoms. The molecule has 3 N–H and O–H groups in total. The van der Waals surface area contributed by atoms with Crippen molar-refractivity contribution in [3.63, 3.8) is 0 Å². The standard InChI is InChI=1S/C19H22N2O4/c1-12(22)21-18-9-13(5-6-19(18)25-4)17(11-20)14-7-15(23-2)10-16(8-14)24-3/h5-11H,20H2,1-4H3,(H,21,22). The molecule has 0 aliphatic heterocycles. The fraction of sp³-hybridized carbons (Fsp3) is 0.211. The van der Waals surface area contributed by atoms with E-state index in [2.05, 4.69) is 5.32 Å².